The van der Waals surface area contributed by atoms with Gasteiger partial charge in [-0.3, -0.25) is 9.59 Å². The number of halogens is 1. The minimum atomic E-state index is -1.07. The molecule has 1 aromatic carbocycles. The standard InChI is InChI=1S/C18H25N2O5.HI.Zn/c1-12(16(22)24-5)19-15(21)14(11-13-9-7-6-8-10-13)20-17(23)25-18(2,3)4;;/h6-10,12,14H,1,11H2,2-5H3,(H,19,21)(H,20,23);1H;/q-1;;+2/p-1/t12-,14-;;/m0../s1. The van der Waals surface area contributed by atoms with Gasteiger partial charge in [0.1, 0.15) is 11.6 Å². The number of alkyl carbamates (subject to hydrolysis) is 1. The van der Waals surface area contributed by atoms with E-state index in [0.717, 1.165) is 5.56 Å². The first-order chi connectivity index (χ1) is 12.6. The molecule has 27 heavy (non-hydrogen) atoms. The van der Waals surface area contributed by atoms with Crippen molar-refractivity contribution in [3.8, 4) is 0 Å². The molecule has 0 saturated carbocycles. The number of carbonyl (C=O) groups excluding carboxylic acids is 3. The van der Waals surface area contributed by atoms with Crippen molar-refractivity contribution >= 4 is 37.7 Å². The molecule has 2 N–H and O–H groups in total. The molecule has 0 fully saturated rings. The van der Waals surface area contributed by atoms with E-state index in [1.54, 1.807) is 20.8 Å². The molecule has 7 nitrogen and oxygen atoms in total. The number of methoxy groups -OCH3 is 1. The van der Waals surface area contributed by atoms with Gasteiger partial charge in [-0.05, 0) is 26.3 Å². The van der Waals surface area contributed by atoms with E-state index in [1.807, 2.05) is 30.3 Å². The molecule has 0 heterocycles. The van der Waals surface area contributed by atoms with Crippen LogP contribution in [-0.4, -0.2) is 42.8 Å². The second kappa shape index (κ2) is 13.0. The first-order valence-corrected chi connectivity index (χ1v) is 17.2. The number of carbonyl (C=O) groups is 3. The van der Waals surface area contributed by atoms with Crippen LogP contribution in [0.1, 0.15) is 26.3 Å². The Balaban J connectivity index is 0.00000326. The monoisotopic (exact) mass is 540 g/mol. The summed E-state index contributed by atoms with van der Waals surface area (Å²) >= 11 is 3.62. The first kappa shape index (κ1) is 25.8. The maximum atomic E-state index is 12.5. The van der Waals surface area contributed by atoms with Gasteiger partial charge in [0.2, 0.25) is 5.91 Å². The topological polar surface area (TPSA) is 93.7 Å². The molecule has 0 aliphatic heterocycles. The van der Waals surface area contributed by atoms with Gasteiger partial charge >= 0.3 is 40.6 Å². The number of ether oxygens (including phenoxy) is 2. The molecular formula is C18H25IN2O5Zn. The van der Waals surface area contributed by atoms with Crippen molar-refractivity contribution in [3.63, 3.8) is 0 Å². The number of nitrogens with one attached hydrogen (secondary N) is 2. The summed E-state index contributed by atoms with van der Waals surface area (Å²) in [5, 5.41) is 4.96. The average molecular weight is 542 g/mol. The van der Waals surface area contributed by atoms with Crippen molar-refractivity contribution in [2.75, 3.05) is 7.11 Å². The van der Waals surface area contributed by atoms with Crippen LogP contribution in [0.25, 0.3) is 0 Å². The normalized spacial score (nSPS) is 12.6. The molecule has 9 heteroatoms. The van der Waals surface area contributed by atoms with Gasteiger partial charge in [0.15, 0.2) is 0 Å². The van der Waals surface area contributed by atoms with Crippen molar-refractivity contribution < 1.29 is 38.6 Å². The van der Waals surface area contributed by atoms with Crippen molar-refractivity contribution in [1.29, 1.82) is 0 Å². The Morgan fingerprint density at radius 2 is 1.70 bits per heavy atom. The number of rotatable bonds is 6. The van der Waals surface area contributed by atoms with E-state index >= 15 is 0 Å². The number of amides is 2. The molecule has 0 aliphatic rings. The van der Waals surface area contributed by atoms with Crippen LogP contribution in [0, 0.1) is 6.92 Å². The molecule has 0 radical (unpaired) electrons. The summed E-state index contributed by atoms with van der Waals surface area (Å²) in [5.74, 6) is -1.23. The number of esters is 1. The maximum absolute atomic E-state index is 12.5. The summed E-state index contributed by atoms with van der Waals surface area (Å²) < 4.78 is 9.72. The van der Waals surface area contributed by atoms with Crippen LogP contribution in [0.5, 0.6) is 0 Å². The zero-order chi connectivity index (χ0) is 21.0. The summed E-state index contributed by atoms with van der Waals surface area (Å²) in [4.78, 5) is 35.9. The van der Waals surface area contributed by atoms with Crippen molar-refractivity contribution in [2.45, 2.75) is 44.9 Å². The molecule has 0 unspecified atom stereocenters. The number of hydrogen-bond acceptors (Lipinski definition) is 5. The van der Waals surface area contributed by atoms with E-state index in [2.05, 4.69) is 42.0 Å². The Bertz CT molecular complexity index is 608. The Labute approximate surface area is 181 Å². The SMILES string of the molecule is [CH2-][C@H](NC(=O)[C@H](Cc1ccccc1)NC(=O)OC(C)(C)C)C(=O)OC.[Zn+][I]. The van der Waals surface area contributed by atoms with Crippen molar-refractivity contribution in [2.24, 2.45) is 0 Å². The van der Waals surface area contributed by atoms with Crippen LogP contribution in [0.15, 0.2) is 30.3 Å². The van der Waals surface area contributed by atoms with E-state index in [1.165, 1.54) is 21.9 Å². The van der Waals surface area contributed by atoms with Gasteiger partial charge in [0, 0.05) is 12.5 Å². The van der Waals surface area contributed by atoms with E-state index < -0.39 is 35.7 Å². The summed E-state index contributed by atoms with van der Waals surface area (Å²) in [6.45, 7) is 8.70. The second-order valence-electron chi connectivity index (χ2n) is 6.47. The predicted octanol–water partition coefficient (Wildman–Crippen LogP) is 2.50. The summed E-state index contributed by atoms with van der Waals surface area (Å²) in [6.07, 6.45) is -0.484. The fraction of sp³-hybridized carbons (Fsp3) is 0.444. The molecule has 0 aromatic heterocycles. The fourth-order valence-electron chi connectivity index (χ4n) is 1.98. The van der Waals surface area contributed by atoms with Gasteiger partial charge in [0.05, 0.1) is 7.11 Å². The predicted molar refractivity (Wildman–Crippen MR) is 107 cm³/mol. The fourth-order valence-corrected chi connectivity index (χ4v) is 1.98. The van der Waals surface area contributed by atoms with Crippen molar-refractivity contribution in [3.05, 3.63) is 42.8 Å². The quantitative estimate of drug-likeness (QED) is 0.250. The average Bonchev–Trinajstić information content (AvgIpc) is 2.61. The first-order valence-electron chi connectivity index (χ1n) is 8.14. The molecule has 0 spiro atoms. The summed E-state index contributed by atoms with van der Waals surface area (Å²) in [7, 11) is 1.20. The third-order valence-corrected chi connectivity index (χ3v) is 3.09. The molecule has 0 saturated heterocycles. The Morgan fingerprint density at radius 3 is 2.19 bits per heavy atom. The number of hydrogen-bond donors (Lipinski definition) is 2. The Morgan fingerprint density at radius 1 is 1.15 bits per heavy atom. The molecule has 0 aliphatic carbocycles. The zero-order valence-corrected chi connectivity index (χ0v) is 21.2. The third kappa shape index (κ3) is 11.3. The second-order valence-corrected chi connectivity index (χ2v) is 6.47. The molecule has 1 aromatic rings. The summed E-state index contributed by atoms with van der Waals surface area (Å²) in [5.41, 5.74) is 0.149. The van der Waals surface area contributed by atoms with Gasteiger partial charge in [-0.2, -0.15) is 0 Å². The van der Waals surface area contributed by atoms with Crippen LogP contribution in [-0.2, 0) is 40.3 Å². The Kier molecular flexibility index (Phi) is 12.5. The van der Waals surface area contributed by atoms with Gasteiger partial charge < -0.3 is 27.0 Å². The van der Waals surface area contributed by atoms with Crippen LogP contribution in [0.2, 0.25) is 0 Å². The van der Waals surface area contributed by atoms with Gasteiger partial charge in [-0.1, -0.05) is 30.3 Å². The summed E-state index contributed by atoms with van der Waals surface area (Å²) in [6, 6.07) is 7.18. The van der Waals surface area contributed by atoms with Crippen LogP contribution < -0.4 is 10.6 Å². The molecule has 1 rings (SSSR count). The van der Waals surface area contributed by atoms with Crippen LogP contribution in [0.4, 0.5) is 4.79 Å². The van der Waals surface area contributed by atoms with Crippen molar-refractivity contribution in [1.82, 2.24) is 10.6 Å². The molecular weight excluding hydrogens is 517 g/mol. The zero-order valence-electron chi connectivity index (χ0n) is 16.1. The number of benzene rings is 1. The minimum absolute atomic E-state index is 0.236. The molecule has 0 bridgehead atoms. The van der Waals surface area contributed by atoms with Gasteiger partial charge in [-0.15, -0.1) is 0 Å². The molecule has 146 valence electrons. The van der Waals surface area contributed by atoms with Gasteiger partial charge in [0.25, 0.3) is 5.97 Å². The molecule has 2 amide bonds. The molecule has 2 atom stereocenters. The van der Waals surface area contributed by atoms with Crippen LogP contribution >= 0.6 is 19.8 Å². The van der Waals surface area contributed by atoms with E-state index in [4.69, 9.17) is 4.74 Å². The van der Waals surface area contributed by atoms with Gasteiger partial charge in [-0.25, -0.2) is 4.79 Å². The van der Waals surface area contributed by atoms with E-state index in [0.29, 0.717) is 0 Å². The third-order valence-electron chi connectivity index (χ3n) is 3.09. The Hall–Kier alpha value is -1.22. The van der Waals surface area contributed by atoms with Crippen LogP contribution in [0.3, 0.4) is 0 Å². The van der Waals surface area contributed by atoms with E-state index in [9.17, 15) is 14.4 Å². The van der Waals surface area contributed by atoms with E-state index in [-0.39, 0.29) is 6.42 Å².